The molecule has 8 heteroatoms. The minimum atomic E-state index is -4.91. The van der Waals surface area contributed by atoms with Crippen LogP contribution in [0, 0.1) is 6.92 Å². The summed E-state index contributed by atoms with van der Waals surface area (Å²) in [4.78, 5) is 12.8. The summed E-state index contributed by atoms with van der Waals surface area (Å²) in [7, 11) is 0. The van der Waals surface area contributed by atoms with Crippen molar-refractivity contribution in [3.05, 3.63) is 51.9 Å². The zero-order valence-corrected chi connectivity index (χ0v) is 13.3. The molecule has 0 unspecified atom stereocenters. The molecule has 0 bridgehead atoms. The summed E-state index contributed by atoms with van der Waals surface area (Å²) >= 11 is 0. The van der Waals surface area contributed by atoms with Gasteiger partial charge in [0, 0.05) is 5.56 Å². The van der Waals surface area contributed by atoms with E-state index in [2.05, 4.69) is 0 Å². The fourth-order valence-corrected chi connectivity index (χ4v) is 2.90. The number of aromatic hydroxyl groups is 1. The van der Waals surface area contributed by atoms with Crippen LogP contribution in [0.3, 0.4) is 0 Å². The molecule has 0 radical (unpaired) electrons. The highest BCUT2D eigenvalue weighted by Gasteiger charge is 2.40. The van der Waals surface area contributed by atoms with E-state index in [-0.39, 0.29) is 40.4 Å². The van der Waals surface area contributed by atoms with E-state index in [1.165, 1.54) is 37.3 Å². The molecular weight excluding hydrogens is 353 g/mol. The summed E-state index contributed by atoms with van der Waals surface area (Å²) in [5.41, 5.74) is -1.70. The summed E-state index contributed by atoms with van der Waals surface area (Å²) < 4.78 is 56.2. The van der Waals surface area contributed by atoms with Gasteiger partial charge in [0.25, 0.3) is 0 Å². The molecule has 4 rings (SSSR count). The fourth-order valence-electron chi connectivity index (χ4n) is 2.90. The molecule has 0 aliphatic carbocycles. The SMILES string of the molecule is Cc1c(O)ccc2c(=O)c(-c3ccc4c(c3)OCO4)c(C(F)(F)F)oc12. The highest BCUT2D eigenvalue weighted by atomic mass is 19.4. The number of ether oxygens (including phenoxy) is 2. The first kappa shape index (κ1) is 16.3. The highest BCUT2D eigenvalue weighted by molar-refractivity contribution is 5.87. The fraction of sp³-hybridized carbons (Fsp3) is 0.167. The molecule has 3 aromatic rings. The van der Waals surface area contributed by atoms with Gasteiger partial charge in [-0.3, -0.25) is 4.79 Å². The van der Waals surface area contributed by atoms with Crippen LogP contribution >= 0.6 is 0 Å². The van der Waals surface area contributed by atoms with Gasteiger partial charge in [0.2, 0.25) is 18.0 Å². The van der Waals surface area contributed by atoms with Crippen molar-refractivity contribution in [1.29, 1.82) is 0 Å². The van der Waals surface area contributed by atoms with Crippen molar-refractivity contribution < 1.29 is 32.2 Å². The summed E-state index contributed by atoms with van der Waals surface area (Å²) in [6, 6.07) is 6.56. The van der Waals surface area contributed by atoms with Crippen molar-refractivity contribution in [2.24, 2.45) is 0 Å². The normalized spacial score (nSPS) is 13.4. The van der Waals surface area contributed by atoms with Gasteiger partial charge in [-0.2, -0.15) is 13.2 Å². The maximum Gasteiger partial charge on any atom is 0.450 e. The van der Waals surface area contributed by atoms with E-state index >= 15 is 0 Å². The van der Waals surface area contributed by atoms with Crippen molar-refractivity contribution in [2.45, 2.75) is 13.1 Å². The number of phenols is 1. The molecule has 5 nitrogen and oxygen atoms in total. The van der Waals surface area contributed by atoms with Crippen LogP contribution in [0.4, 0.5) is 13.2 Å². The van der Waals surface area contributed by atoms with Crippen LogP contribution in [0.15, 0.2) is 39.5 Å². The molecule has 2 heterocycles. The van der Waals surface area contributed by atoms with E-state index in [4.69, 9.17) is 13.9 Å². The predicted molar refractivity (Wildman–Crippen MR) is 85.4 cm³/mol. The number of aryl methyl sites for hydroxylation is 1. The van der Waals surface area contributed by atoms with Gasteiger partial charge in [0.15, 0.2) is 11.5 Å². The Morgan fingerprint density at radius 3 is 2.54 bits per heavy atom. The van der Waals surface area contributed by atoms with Gasteiger partial charge in [-0.1, -0.05) is 6.07 Å². The second-order valence-electron chi connectivity index (χ2n) is 5.79. The molecule has 1 aliphatic heterocycles. The highest BCUT2D eigenvalue weighted by Crippen LogP contribution is 2.41. The van der Waals surface area contributed by atoms with Gasteiger partial charge in [-0.25, -0.2) is 0 Å². The van der Waals surface area contributed by atoms with E-state index in [1.807, 2.05) is 0 Å². The van der Waals surface area contributed by atoms with Gasteiger partial charge >= 0.3 is 6.18 Å². The van der Waals surface area contributed by atoms with E-state index in [0.29, 0.717) is 5.75 Å². The maximum absolute atomic E-state index is 13.6. The molecule has 0 amide bonds. The number of halogens is 3. The summed E-state index contributed by atoms with van der Waals surface area (Å²) in [6.07, 6.45) is -4.91. The van der Waals surface area contributed by atoms with Crippen LogP contribution in [-0.2, 0) is 6.18 Å². The zero-order valence-electron chi connectivity index (χ0n) is 13.3. The quantitative estimate of drug-likeness (QED) is 0.700. The van der Waals surface area contributed by atoms with E-state index in [0.717, 1.165) is 0 Å². The molecule has 134 valence electrons. The lowest BCUT2D eigenvalue weighted by Crippen LogP contribution is -2.16. The Morgan fingerprint density at radius 2 is 1.81 bits per heavy atom. The molecule has 26 heavy (non-hydrogen) atoms. The van der Waals surface area contributed by atoms with Crippen molar-refractivity contribution in [2.75, 3.05) is 6.79 Å². The van der Waals surface area contributed by atoms with Gasteiger partial charge in [-0.05, 0) is 36.8 Å². The monoisotopic (exact) mass is 364 g/mol. The van der Waals surface area contributed by atoms with E-state index in [1.54, 1.807) is 0 Å². The zero-order chi connectivity index (χ0) is 18.6. The third-order valence-corrected chi connectivity index (χ3v) is 4.20. The van der Waals surface area contributed by atoms with Crippen molar-refractivity contribution in [1.82, 2.24) is 0 Å². The Hall–Kier alpha value is -3.16. The maximum atomic E-state index is 13.6. The number of benzene rings is 2. The van der Waals surface area contributed by atoms with Crippen LogP contribution < -0.4 is 14.9 Å². The number of hydrogen-bond donors (Lipinski definition) is 1. The molecule has 1 aromatic heterocycles. The largest absolute Gasteiger partial charge is 0.508 e. The second-order valence-corrected chi connectivity index (χ2v) is 5.79. The molecule has 0 atom stereocenters. The summed E-state index contributed by atoms with van der Waals surface area (Å²) in [6.45, 7) is 1.33. The third kappa shape index (κ3) is 2.37. The predicted octanol–water partition coefficient (Wildman–Crippen LogP) is 4.22. The third-order valence-electron chi connectivity index (χ3n) is 4.20. The van der Waals surface area contributed by atoms with Gasteiger partial charge in [0.1, 0.15) is 11.3 Å². The number of fused-ring (bicyclic) bond motifs is 2. The van der Waals surface area contributed by atoms with Gasteiger partial charge in [-0.15, -0.1) is 0 Å². The number of phenolic OH excluding ortho intramolecular Hbond substituents is 1. The minimum Gasteiger partial charge on any atom is -0.508 e. The summed E-state index contributed by atoms with van der Waals surface area (Å²) in [5, 5.41) is 9.67. The molecule has 1 aliphatic rings. The Labute approximate surface area is 144 Å². The molecule has 0 fully saturated rings. The number of hydrogen-bond acceptors (Lipinski definition) is 5. The minimum absolute atomic E-state index is 0.00273. The smallest absolute Gasteiger partial charge is 0.450 e. The van der Waals surface area contributed by atoms with Crippen molar-refractivity contribution >= 4 is 11.0 Å². The Kier molecular flexibility index (Phi) is 3.40. The van der Waals surface area contributed by atoms with Gasteiger partial charge in [0.05, 0.1) is 10.9 Å². The Morgan fingerprint density at radius 1 is 1.08 bits per heavy atom. The van der Waals surface area contributed by atoms with Crippen molar-refractivity contribution in [3.8, 4) is 28.4 Å². The first-order valence-corrected chi connectivity index (χ1v) is 7.54. The van der Waals surface area contributed by atoms with Crippen LogP contribution in [0.1, 0.15) is 11.3 Å². The molecule has 0 spiro atoms. The lowest BCUT2D eigenvalue weighted by Gasteiger charge is -2.14. The first-order chi connectivity index (χ1) is 12.3. The average molecular weight is 364 g/mol. The Balaban J connectivity index is 2.09. The number of rotatable bonds is 1. The topological polar surface area (TPSA) is 68.9 Å². The van der Waals surface area contributed by atoms with Crippen LogP contribution in [-0.4, -0.2) is 11.9 Å². The molecule has 1 N–H and O–H groups in total. The molecule has 0 saturated heterocycles. The lowest BCUT2D eigenvalue weighted by molar-refractivity contribution is -0.152. The van der Waals surface area contributed by atoms with Crippen LogP contribution in [0.25, 0.3) is 22.1 Å². The molecular formula is C18H11F3O5. The standard InChI is InChI=1S/C18H11F3O5/c1-8-11(22)4-3-10-15(23)14(17(18(19,20)21)26-16(8)10)9-2-5-12-13(6-9)25-7-24-12/h2-6,22H,7H2,1H3. The van der Waals surface area contributed by atoms with Gasteiger partial charge < -0.3 is 19.0 Å². The Bertz CT molecular complexity index is 1100. The average Bonchev–Trinajstić information content (AvgIpc) is 3.05. The van der Waals surface area contributed by atoms with Crippen molar-refractivity contribution in [3.63, 3.8) is 0 Å². The lowest BCUT2D eigenvalue weighted by atomic mass is 10.00. The first-order valence-electron chi connectivity index (χ1n) is 7.54. The molecule has 0 saturated carbocycles. The van der Waals surface area contributed by atoms with Crippen LogP contribution in [0.2, 0.25) is 0 Å². The van der Waals surface area contributed by atoms with E-state index in [9.17, 15) is 23.1 Å². The summed E-state index contributed by atoms with van der Waals surface area (Å²) in [5.74, 6) is -1.06. The van der Waals surface area contributed by atoms with Crippen LogP contribution in [0.5, 0.6) is 17.2 Å². The molecule has 2 aromatic carbocycles. The number of alkyl halides is 3. The van der Waals surface area contributed by atoms with E-state index < -0.39 is 22.9 Å². The second kappa shape index (κ2) is 5.42.